The summed E-state index contributed by atoms with van der Waals surface area (Å²) in [6, 6.07) is 9.89. The molecule has 3 aromatic rings. The van der Waals surface area contributed by atoms with Crippen LogP contribution in [0.2, 0.25) is 0 Å². The van der Waals surface area contributed by atoms with Crippen LogP contribution in [0.15, 0.2) is 48.9 Å². The average Bonchev–Trinajstić information content (AvgIpc) is 3.17. The number of nitrogens with zero attached hydrogens (tertiary/aromatic N) is 4. The van der Waals surface area contributed by atoms with Crippen LogP contribution in [0.5, 0.6) is 0 Å². The molecule has 0 fully saturated rings. The molecule has 0 radical (unpaired) electrons. The molecule has 0 saturated carbocycles. The molecule has 0 bridgehead atoms. The Morgan fingerprint density at radius 2 is 2.17 bits per heavy atom. The van der Waals surface area contributed by atoms with Gasteiger partial charge in [0.2, 0.25) is 0 Å². The van der Waals surface area contributed by atoms with E-state index in [1.54, 1.807) is 41.1 Å². The minimum Gasteiger partial charge on any atom is -0.362 e. The van der Waals surface area contributed by atoms with E-state index in [1.165, 1.54) is 5.56 Å². The molecule has 1 aromatic carbocycles. The molecule has 0 aliphatic carbocycles. The van der Waals surface area contributed by atoms with Gasteiger partial charge in [0.1, 0.15) is 6.73 Å². The van der Waals surface area contributed by atoms with Crippen molar-refractivity contribution in [3.63, 3.8) is 0 Å². The lowest BCUT2D eigenvalue weighted by atomic mass is 10.1. The lowest BCUT2D eigenvalue weighted by Gasteiger charge is -2.03. The van der Waals surface area contributed by atoms with Gasteiger partial charge in [0.25, 0.3) is 5.91 Å². The number of carbonyl (C=O) groups excluding carboxylic acids is 1. The van der Waals surface area contributed by atoms with Crippen molar-refractivity contribution in [2.45, 2.75) is 20.2 Å². The topological polar surface area (TPSA) is 74.0 Å². The molecule has 7 nitrogen and oxygen atoms in total. The first-order valence-corrected chi connectivity index (χ1v) is 7.56. The van der Waals surface area contributed by atoms with E-state index >= 15 is 0 Å². The van der Waals surface area contributed by atoms with E-state index in [1.807, 2.05) is 6.07 Å². The van der Waals surface area contributed by atoms with E-state index in [9.17, 15) is 4.79 Å². The van der Waals surface area contributed by atoms with Gasteiger partial charge in [0, 0.05) is 19.5 Å². The molecule has 124 valence electrons. The normalized spacial score (nSPS) is 10.8. The monoisotopic (exact) mass is 325 g/mol. The van der Waals surface area contributed by atoms with Crippen LogP contribution >= 0.6 is 0 Å². The SMILES string of the molecule is COCn1ccc(C(=O)Nc2cnn(Cc3cccc(C)c3)c2)n1. The maximum Gasteiger partial charge on any atom is 0.276 e. The molecule has 0 atom stereocenters. The van der Waals surface area contributed by atoms with Crippen LogP contribution in [0.1, 0.15) is 21.6 Å². The van der Waals surface area contributed by atoms with Gasteiger partial charge in [-0.05, 0) is 18.6 Å². The van der Waals surface area contributed by atoms with Crippen molar-refractivity contribution in [1.82, 2.24) is 19.6 Å². The van der Waals surface area contributed by atoms with E-state index in [4.69, 9.17) is 4.74 Å². The third-order valence-corrected chi connectivity index (χ3v) is 3.45. The zero-order valence-corrected chi connectivity index (χ0v) is 13.6. The third-order valence-electron chi connectivity index (χ3n) is 3.45. The van der Waals surface area contributed by atoms with Crippen molar-refractivity contribution in [3.8, 4) is 0 Å². The molecule has 0 spiro atoms. The second-order valence-corrected chi connectivity index (χ2v) is 5.53. The lowest BCUT2D eigenvalue weighted by Crippen LogP contribution is -2.13. The van der Waals surface area contributed by atoms with Gasteiger partial charge in [-0.25, -0.2) is 4.68 Å². The Labute approximate surface area is 139 Å². The van der Waals surface area contributed by atoms with Gasteiger partial charge in [0.15, 0.2) is 5.69 Å². The van der Waals surface area contributed by atoms with Gasteiger partial charge in [-0.15, -0.1) is 0 Å². The molecule has 2 aromatic heterocycles. The van der Waals surface area contributed by atoms with Gasteiger partial charge in [-0.3, -0.25) is 9.48 Å². The quantitative estimate of drug-likeness (QED) is 0.754. The maximum absolute atomic E-state index is 12.2. The van der Waals surface area contributed by atoms with Crippen molar-refractivity contribution in [3.05, 3.63) is 65.7 Å². The summed E-state index contributed by atoms with van der Waals surface area (Å²) < 4.78 is 8.30. The zero-order chi connectivity index (χ0) is 16.9. The van der Waals surface area contributed by atoms with E-state index in [0.29, 0.717) is 24.7 Å². The van der Waals surface area contributed by atoms with Crippen LogP contribution in [0.3, 0.4) is 0 Å². The smallest absolute Gasteiger partial charge is 0.276 e. The number of amides is 1. The summed E-state index contributed by atoms with van der Waals surface area (Å²) in [6.45, 7) is 3.02. The van der Waals surface area contributed by atoms with Crippen molar-refractivity contribution in [2.75, 3.05) is 12.4 Å². The highest BCUT2D eigenvalue weighted by atomic mass is 16.5. The van der Waals surface area contributed by atoms with Crippen LogP contribution in [-0.2, 0) is 18.0 Å². The minimum atomic E-state index is -0.278. The highest BCUT2D eigenvalue weighted by Gasteiger charge is 2.11. The van der Waals surface area contributed by atoms with Crippen LogP contribution in [-0.4, -0.2) is 32.6 Å². The lowest BCUT2D eigenvalue weighted by molar-refractivity contribution is 0.101. The molecular formula is C17H19N5O2. The molecule has 1 amide bonds. The number of hydrogen-bond acceptors (Lipinski definition) is 4. The zero-order valence-electron chi connectivity index (χ0n) is 13.6. The number of aromatic nitrogens is 4. The van der Waals surface area contributed by atoms with Crippen LogP contribution < -0.4 is 5.32 Å². The molecule has 24 heavy (non-hydrogen) atoms. The molecule has 0 aliphatic heterocycles. The Kier molecular flexibility index (Phi) is 4.72. The van der Waals surface area contributed by atoms with Crippen LogP contribution in [0, 0.1) is 6.92 Å². The van der Waals surface area contributed by atoms with Crippen molar-refractivity contribution in [2.24, 2.45) is 0 Å². The second kappa shape index (κ2) is 7.10. The first-order chi connectivity index (χ1) is 11.6. The molecule has 3 rings (SSSR count). The van der Waals surface area contributed by atoms with Gasteiger partial charge in [0.05, 0.1) is 18.4 Å². The van der Waals surface area contributed by atoms with E-state index in [-0.39, 0.29) is 5.91 Å². The first kappa shape index (κ1) is 15.9. The Bertz CT molecular complexity index is 837. The maximum atomic E-state index is 12.2. The van der Waals surface area contributed by atoms with Crippen molar-refractivity contribution < 1.29 is 9.53 Å². The fourth-order valence-corrected chi connectivity index (χ4v) is 2.39. The fraction of sp³-hybridized carbons (Fsp3) is 0.235. The molecule has 1 N–H and O–H groups in total. The fourth-order valence-electron chi connectivity index (χ4n) is 2.39. The number of aryl methyl sites for hydroxylation is 1. The molecule has 0 aliphatic rings. The number of benzene rings is 1. The predicted octanol–water partition coefficient (Wildman–Crippen LogP) is 2.29. The number of carbonyl (C=O) groups is 1. The number of methoxy groups -OCH3 is 1. The number of nitrogens with one attached hydrogen (secondary N) is 1. The highest BCUT2D eigenvalue weighted by Crippen LogP contribution is 2.10. The summed E-state index contributed by atoms with van der Waals surface area (Å²) in [5.41, 5.74) is 3.33. The largest absolute Gasteiger partial charge is 0.362 e. The highest BCUT2D eigenvalue weighted by molar-refractivity contribution is 6.02. The summed E-state index contributed by atoms with van der Waals surface area (Å²) in [5.74, 6) is -0.278. The number of rotatable bonds is 6. The van der Waals surface area contributed by atoms with Gasteiger partial charge >= 0.3 is 0 Å². The summed E-state index contributed by atoms with van der Waals surface area (Å²) in [4.78, 5) is 12.2. The van der Waals surface area contributed by atoms with E-state index < -0.39 is 0 Å². The Balaban J connectivity index is 1.63. The molecular weight excluding hydrogens is 306 g/mol. The number of anilines is 1. The standard InChI is InChI=1S/C17H19N5O2/c1-13-4-3-5-14(8-13)10-22-11-15(9-18-22)19-17(23)16-6-7-21(20-16)12-24-2/h3-9,11H,10,12H2,1-2H3,(H,19,23). The van der Waals surface area contributed by atoms with E-state index in [2.05, 4.69) is 40.6 Å². The predicted molar refractivity (Wildman–Crippen MR) is 89.7 cm³/mol. The summed E-state index contributed by atoms with van der Waals surface area (Å²) in [5, 5.41) is 11.2. The Morgan fingerprint density at radius 3 is 2.96 bits per heavy atom. The van der Waals surface area contributed by atoms with Crippen molar-refractivity contribution >= 4 is 11.6 Å². The Morgan fingerprint density at radius 1 is 1.29 bits per heavy atom. The summed E-state index contributed by atoms with van der Waals surface area (Å²) in [6.07, 6.45) is 5.12. The molecule has 0 saturated heterocycles. The average molecular weight is 325 g/mol. The molecule has 2 heterocycles. The number of hydrogen-bond donors (Lipinski definition) is 1. The van der Waals surface area contributed by atoms with E-state index in [0.717, 1.165) is 5.56 Å². The van der Waals surface area contributed by atoms with Crippen molar-refractivity contribution in [1.29, 1.82) is 0 Å². The van der Waals surface area contributed by atoms with Gasteiger partial charge < -0.3 is 10.1 Å². The third kappa shape index (κ3) is 3.88. The second-order valence-electron chi connectivity index (χ2n) is 5.53. The summed E-state index contributed by atoms with van der Waals surface area (Å²) >= 11 is 0. The van der Waals surface area contributed by atoms with Gasteiger partial charge in [-0.2, -0.15) is 10.2 Å². The summed E-state index contributed by atoms with van der Waals surface area (Å²) in [7, 11) is 1.57. The van der Waals surface area contributed by atoms with Gasteiger partial charge in [-0.1, -0.05) is 29.8 Å². The molecule has 7 heteroatoms. The molecule has 0 unspecified atom stereocenters. The number of ether oxygens (including phenoxy) is 1. The first-order valence-electron chi connectivity index (χ1n) is 7.56. The van der Waals surface area contributed by atoms with Crippen LogP contribution in [0.25, 0.3) is 0 Å². The van der Waals surface area contributed by atoms with Crippen LogP contribution in [0.4, 0.5) is 5.69 Å². The Hall–Kier alpha value is -2.93. The minimum absolute atomic E-state index is 0.278.